The first-order valence-corrected chi connectivity index (χ1v) is 6.72. The number of nitrogens with one attached hydrogen (secondary N) is 2. The Morgan fingerprint density at radius 3 is 2.68 bits per heavy atom. The fourth-order valence-electron chi connectivity index (χ4n) is 2.25. The molecule has 1 aliphatic heterocycles. The number of carbonyl (C=O) groups is 2. The zero-order valence-electron chi connectivity index (χ0n) is 11.4. The van der Waals surface area contributed by atoms with Crippen LogP contribution in [0.3, 0.4) is 0 Å². The Morgan fingerprint density at radius 1 is 1.37 bits per heavy atom. The number of hydrogen-bond acceptors (Lipinski definition) is 2. The van der Waals surface area contributed by atoms with Crippen LogP contribution in [0.2, 0.25) is 0 Å². The third kappa shape index (κ3) is 3.56. The largest absolute Gasteiger partial charge is 0.348 e. The Kier molecular flexibility index (Phi) is 4.20. The molecule has 2 amide bonds. The summed E-state index contributed by atoms with van der Waals surface area (Å²) in [6.07, 6.45) is 2.03. The van der Waals surface area contributed by atoms with Gasteiger partial charge >= 0.3 is 0 Å². The molecular weight excluding hydrogens is 240 g/mol. The van der Waals surface area contributed by atoms with E-state index in [-0.39, 0.29) is 23.9 Å². The second-order valence-corrected chi connectivity index (χ2v) is 5.15. The Morgan fingerprint density at radius 2 is 2.05 bits per heavy atom. The third-order valence-corrected chi connectivity index (χ3v) is 3.48. The molecule has 2 N–H and O–H groups in total. The summed E-state index contributed by atoms with van der Waals surface area (Å²) in [5, 5.41) is 5.68. The van der Waals surface area contributed by atoms with Crippen LogP contribution in [0.5, 0.6) is 0 Å². The average molecular weight is 260 g/mol. The van der Waals surface area contributed by atoms with Gasteiger partial charge in [-0.05, 0) is 32.3 Å². The molecule has 1 aromatic rings. The second-order valence-electron chi connectivity index (χ2n) is 5.15. The van der Waals surface area contributed by atoms with Crippen LogP contribution in [0.1, 0.15) is 43.4 Å². The molecule has 0 bridgehead atoms. The van der Waals surface area contributed by atoms with Gasteiger partial charge < -0.3 is 10.6 Å². The SMILES string of the molecule is Cc1ccc(C(C)NC(=O)[C@H]2CCCC(=O)N2)cc1. The zero-order valence-corrected chi connectivity index (χ0v) is 11.4. The normalized spacial score (nSPS) is 20.5. The van der Waals surface area contributed by atoms with E-state index in [1.807, 2.05) is 38.1 Å². The van der Waals surface area contributed by atoms with Gasteiger partial charge in [-0.1, -0.05) is 29.8 Å². The van der Waals surface area contributed by atoms with Crippen molar-refractivity contribution in [1.29, 1.82) is 0 Å². The van der Waals surface area contributed by atoms with Gasteiger partial charge in [0.2, 0.25) is 11.8 Å². The molecule has 2 atom stereocenters. The zero-order chi connectivity index (χ0) is 13.8. The maximum Gasteiger partial charge on any atom is 0.243 e. The van der Waals surface area contributed by atoms with Crippen molar-refractivity contribution in [3.05, 3.63) is 35.4 Å². The molecule has 0 saturated carbocycles. The summed E-state index contributed by atoms with van der Waals surface area (Å²) < 4.78 is 0. The highest BCUT2D eigenvalue weighted by atomic mass is 16.2. The molecule has 1 unspecified atom stereocenters. The van der Waals surface area contributed by atoms with Crippen molar-refractivity contribution in [3.8, 4) is 0 Å². The minimum Gasteiger partial charge on any atom is -0.348 e. The molecule has 19 heavy (non-hydrogen) atoms. The van der Waals surface area contributed by atoms with Crippen LogP contribution in [-0.4, -0.2) is 17.9 Å². The number of rotatable bonds is 3. The molecule has 102 valence electrons. The lowest BCUT2D eigenvalue weighted by atomic mass is 10.0. The standard InChI is InChI=1S/C15H20N2O2/c1-10-6-8-12(9-7-10)11(2)16-15(19)13-4-3-5-14(18)17-13/h6-9,11,13H,3-5H2,1-2H3,(H,16,19)(H,17,18)/t11?,13-/m1/s1. The summed E-state index contributed by atoms with van der Waals surface area (Å²) in [6, 6.07) is 7.65. The number of hydrogen-bond donors (Lipinski definition) is 2. The van der Waals surface area contributed by atoms with Crippen molar-refractivity contribution in [2.45, 2.75) is 45.2 Å². The monoisotopic (exact) mass is 260 g/mol. The van der Waals surface area contributed by atoms with E-state index >= 15 is 0 Å². The smallest absolute Gasteiger partial charge is 0.243 e. The predicted molar refractivity (Wildman–Crippen MR) is 73.5 cm³/mol. The van der Waals surface area contributed by atoms with Crippen molar-refractivity contribution in [3.63, 3.8) is 0 Å². The molecule has 0 aliphatic carbocycles. The number of amides is 2. The van der Waals surface area contributed by atoms with Crippen molar-refractivity contribution >= 4 is 11.8 Å². The Balaban J connectivity index is 1.94. The van der Waals surface area contributed by atoms with Crippen LogP contribution in [0.4, 0.5) is 0 Å². The fraction of sp³-hybridized carbons (Fsp3) is 0.467. The van der Waals surface area contributed by atoms with Crippen LogP contribution in [0.15, 0.2) is 24.3 Å². The van der Waals surface area contributed by atoms with Gasteiger partial charge in [-0.25, -0.2) is 0 Å². The van der Waals surface area contributed by atoms with Gasteiger partial charge in [-0.3, -0.25) is 9.59 Å². The molecule has 1 fully saturated rings. The number of aryl methyl sites for hydroxylation is 1. The second kappa shape index (κ2) is 5.87. The molecule has 4 heteroatoms. The maximum atomic E-state index is 12.1. The van der Waals surface area contributed by atoms with Crippen LogP contribution in [0.25, 0.3) is 0 Å². The lowest BCUT2D eigenvalue weighted by Crippen LogP contribution is -2.49. The van der Waals surface area contributed by atoms with Gasteiger partial charge in [0.05, 0.1) is 6.04 Å². The molecule has 0 radical (unpaired) electrons. The van der Waals surface area contributed by atoms with Gasteiger partial charge in [0.1, 0.15) is 6.04 Å². The van der Waals surface area contributed by atoms with Gasteiger partial charge in [-0.15, -0.1) is 0 Å². The van der Waals surface area contributed by atoms with Gasteiger partial charge in [0.25, 0.3) is 0 Å². The molecule has 4 nitrogen and oxygen atoms in total. The lowest BCUT2D eigenvalue weighted by Gasteiger charge is -2.24. The van der Waals surface area contributed by atoms with E-state index in [0.717, 1.165) is 18.4 Å². The van der Waals surface area contributed by atoms with Gasteiger partial charge in [0, 0.05) is 6.42 Å². The molecule has 1 saturated heterocycles. The van der Waals surface area contributed by atoms with Crippen LogP contribution in [0, 0.1) is 6.92 Å². The minimum absolute atomic E-state index is 0.0330. The highest BCUT2D eigenvalue weighted by molar-refractivity contribution is 5.88. The van der Waals surface area contributed by atoms with Crippen LogP contribution >= 0.6 is 0 Å². The summed E-state index contributed by atoms with van der Waals surface area (Å²) in [5.41, 5.74) is 2.27. The minimum atomic E-state index is -0.380. The fourth-order valence-corrected chi connectivity index (χ4v) is 2.25. The van der Waals surface area contributed by atoms with Crippen molar-refractivity contribution in [1.82, 2.24) is 10.6 Å². The molecule has 2 rings (SSSR count). The molecule has 1 heterocycles. The van der Waals surface area contributed by atoms with E-state index in [9.17, 15) is 9.59 Å². The van der Waals surface area contributed by atoms with Crippen LogP contribution < -0.4 is 10.6 Å². The maximum absolute atomic E-state index is 12.1. The number of benzene rings is 1. The highest BCUT2D eigenvalue weighted by Gasteiger charge is 2.25. The van der Waals surface area contributed by atoms with Gasteiger partial charge in [-0.2, -0.15) is 0 Å². The van der Waals surface area contributed by atoms with Crippen LogP contribution in [-0.2, 0) is 9.59 Å². The molecular formula is C15H20N2O2. The molecule has 1 aliphatic rings. The third-order valence-electron chi connectivity index (χ3n) is 3.48. The highest BCUT2D eigenvalue weighted by Crippen LogP contribution is 2.14. The summed E-state index contributed by atoms with van der Waals surface area (Å²) in [4.78, 5) is 23.3. The van der Waals surface area contributed by atoms with E-state index in [4.69, 9.17) is 0 Å². The number of carbonyl (C=O) groups excluding carboxylic acids is 2. The van der Waals surface area contributed by atoms with E-state index in [2.05, 4.69) is 10.6 Å². The van der Waals surface area contributed by atoms with E-state index in [1.165, 1.54) is 5.56 Å². The summed E-state index contributed by atoms with van der Waals surface area (Å²) in [7, 11) is 0. The van der Waals surface area contributed by atoms with Gasteiger partial charge in [0.15, 0.2) is 0 Å². The average Bonchev–Trinajstić information content (AvgIpc) is 2.39. The topological polar surface area (TPSA) is 58.2 Å². The van der Waals surface area contributed by atoms with E-state index < -0.39 is 0 Å². The number of piperidine rings is 1. The van der Waals surface area contributed by atoms with Crippen molar-refractivity contribution in [2.75, 3.05) is 0 Å². The first kappa shape index (κ1) is 13.6. The van der Waals surface area contributed by atoms with Crippen molar-refractivity contribution in [2.24, 2.45) is 0 Å². The molecule has 1 aromatic carbocycles. The predicted octanol–water partition coefficient (Wildman–Crippen LogP) is 1.84. The summed E-state index contributed by atoms with van der Waals surface area (Å²) in [6.45, 7) is 3.98. The van der Waals surface area contributed by atoms with E-state index in [0.29, 0.717) is 6.42 Å². The molecule has 0 aromatic heterocycles. The summed E-state index contributed by atoms with van der Waals surface area (Å²) in [5.74, 6) is -0.129. The quantitative estimate of drug-likeness (QED) is 0.871. The first-order valence-electron chi connectivity index (χ1n) is 6.72. The Bertz CT molecular complexity index is 468. The summed E-state index contributed by atoms with van der Waals surface area (Å²) >= 11 is 0. The Hall–Kier alpha value is -1.84. The van der Waals surface area contributed by atoms with Crippen molar-refractivity contribution < 1.29 is 9.59 Å². The first-order chi connectivity index (χ1) is 9.06. The lowest BCUT2D eigenvalue weighted by molar-refractivity contribution is -0.131. The molecule has 0 spiro atoms. The Labute approximate surface area is 113 Å². The van der Waals surface area contributed by atoms with E-state index in [1.54, 1.807) is 0 Å².